The Morgan fingerprint density at radius 2 is 1.94 bits per heavy atom. The van der Waals surface area contributed by atoms with E-state index in [-0.39, 0.29) is 12.1 Å². The quantitative estimate of drug-likeness (QED) is 0.722. The van der Waals surface area contributed by atoms with E-state index in [9.17, 15) is 5.11 Å². The summed E-state index contributed by atoms with van der Waals surface area (Å²) >= 11 is 0. The lowest BCUT2D eigenvalue weighted by molar-refractivity contribution is 0.0732. The molecule has 0 bridgehead atoms. The maximum atomic E-state index is 10.5. The third-order valence-corrected chi connectivity index (χ3v) is 4.08. The van der Waals surface area contributed by atoms with Crippen LogP contribution in [0.15, 0.2) is 24.3 Å². The Balaban J connectivity index is 1.67. The monoisotopic (exact) mass is 232 g/mol. The minimum absolute atomic E-state index is 0.204. The number of para-hydroxylation sites is 1. The number of fused-ring (bicyclic) bond motifs is 1. The van der Waals surface area contributed by atoms with Crippen LogP contribution in [-0.4, -0.2) is 30.3 Å². The maximum absolute atomic E-state index is 10.5. The van der Waals surface area contributed by atoms with Crippen molar-refractivity contribution in [3.05, 3.63) is 29.8 Å². The van der Waals surface area contributed by atoms with Crippen LogP contribution >= 0.6 is 0 Å². The summed E-state index contributed by atoms with van der Waals surface area (Å²) in [6, 6.07) is 8.57. The normalized spacial score (nSPS) is 26.3. The molecule has 0 saturated carbocycles. The van der Waals surface area contributed by atoms with E-state index in [0.29, 0.717) is 5.92 Å². The van der Waals surface area contributed by atoms with Crippen molar-refractivity contribution in [2.24, 2.45) is 5.92 Å². The van der Waals surface area contributed by atoms with E-state index >= 15 is 0 Å². The van der Waals surface area contributed by atoms with Crippen LogP contribution in [0, 0.1) is 5.92 Å². The van der Waals surface area contributed by atoms with Gasteiger partial charge in [-0.1, -0.05) is 18.2 Å². The number of nitrogens with one attached hydrogen (secondary N) is 2. The summed E-state index contributed by atoms with van der Waals surface area (Å²) in [5, 5.41) is 17.3. The molecule has 2 aliphatic rings. The fraction of sp³-hybridized carbons (Fsp3) is 0.571. The van der Waals surface area contributed by atoms with Crippen LogP contribution in [0.2, 0.25) is 0 Å². The molecule has 0 aliphatic carbocycles. The molecular formula is C14H20N2O. The van der Waals surface area contributed by atoms with Gasteiger partial charge in [0.05, 0.1) is 12.1 Å². The van der Waals surface area contributed by atoms with E-state index in [4.69, 9.17) is 0 Å². The SMILES string of the molecule is OC(C1CCNCC1)C1Cc2ccccc2N1. The highest BCUT2D eigenvalue weighted by Gasteiger charge is 2.32. The van der Waals surface area contributed by atoms with Gasteiger partial charge in [-0.25, -0.2) is 0 Å². The van der Waals surface area contributed by atoms with Crippen molar-refractivity contribution >= 4 is 5.69 Å². The molecule has 0 amide bonds. The van der Waals surface area contributed by atoms with E-state index in [2.05, 4.69) is 28.8 Å². The number of aliphatic hydroxyl groups excluding tert-OH is 1. The van der Waals surface area contributed by atoms with Gasteiger partial charge in [-0.2, -0.15) is 0 Å². The van der Waals surface area contributed by atoms with Crippen LogP contribution in [0.3, 0.4) is 0 Å². The average molecular weight is 232 g/mol. The van der Waals surface area contributed by atoms with Crippen LogP contribution in [0.25, 0.3) is 0 Å². The number of rotatable bonds is 2. The molecule has 3 nitrogen and oxygen atoms in total. The summed E-state index contributed by atoms with van der Waals surface area (Å²) < 4.78 is 0. The molecule has 2 aliphatic heterocycles. The minimum Gasteiger partial charge on any atom is -0.391 e. The molecule has 1 fully saturated rings. The first-order valence-electron chi connectivity index (χ1n) is 6.58. The second kappa shape index (κ2) is 4.67. The highest BCUT2D eigenvalue weighted by molar-refractivity contribution is 5.56. The average Bonchev–Trinajstić information content (AvgIpc) is 2.82. The lowest BCUT2D eigenvalue weighted by atomic mass is 9.87. The largest absolute Gasteiger partial charge is 0.391 e. The van der Waals surface area contributed by atoms with Gasteiger partial charge in [0.25, 0.3) is 0 Å². The Morgan fingerprint density at radius 1 is 1.18 bits per heavy atom. The van der Waals surface area contributed by atoms with Crippen molar-refractivity contribution in [2.45, 2.75) is 31.4 Å². The van der Waals surface area contributed by atoms with Crippen molar-refractivity contribution in [3.63, 3.8) is 0 Å². The molecule has 0 radical (unpaired) electrons. The fourth-order valence-corrected chi connectivity index (χ4v) is 3.05. The molecule has 0 spiro atoms. The smallest absolute Gasteiger partial charge is 0.0773 e. The van der Waals surface area contributed by atoms with Crippen molar-refractivity contribution in [1.29, 1.82) is 0 Å². The standard InChI is InChI=1S/C14H20N2O/c17-14(10-5-7-15-8-6-10)13-9-11-3-1-2-4-12(11)16-13/h1-4,10,13-17H,5-9H2. The minimum atomic E-state index is -0.218. The van der Waals surface area contributed by atoms with Gasteiger partial charge in [-0.05, 0) is 49.9 Å². The molecule has 1 aromatic rings. The first-order valence-corrected chi connectivity index (χ1v) is 6.58. The Bertz CT molecular complexity index is 363. The van der Waals surface area contributed by atoms with E-state index in [1.807, 2.05) is 6.07 Å². The molecule has 1 saturated heterocycles. The lowest BCUT2D eigenvalue weighted by Gasteiger charge is -2.31. The van der Waals surface area contributed by atoms with E-state index in [0.717, 1.165) is 32.4 Å². The number of hydrogen-bond donors (Lipinski definition) is 3. The summed E-state index contributed by atoms with van der Waals surface area (Å²) in [5.41, 5.74) is 2.54. The summed E-state index contributed by atoms with van der Waals surface area (Å²) in [7, 11) is 0. The molecule has 2 heterocycles. The van der Waals surface area contributed by atoms with E-state index in [1.54, 1.807) is 0 Å². The van der Waals surface area contributed by atoms with Gasteiger partial charge in [-0.15, -0.1) is 0 Å². The lowest BCUT2D eigenvalue weighted by Crippen LogP contribution is -2.42. The zero-order valence-corrected chi connectivity index (χ0v) is 10.0. The highest BCUT2D eigenvalue weighted by Crippen LogP contribution is 2.30. The first-order chi connectivity index (χ1) is 8.34. The Kier molecular flexibility index (Phi) is 3.04. The van der Waals surface area contributed by atoms with Crippen LogP contribution in [0.4, 0.5) is 5.69 Å². The second-order valence-corrected chi connectivity index (χ2v) is 5.19. The molecule has 17 heavy (non-hydrogen) atoms. The number of hydrogen-bond acceptors (Lipinski definition) is 3. The molecular weight excluding hydrogens is 212 g/mol. The van der Waals surface area contributed by atoms with Crippen molar-refractivity contribution in [1.82, 2.24) is 5.32 Å². The van der Waals surface area contributed by atoms with Crippen LogP contribution in [0.5, 0.6) is 0 Å². The van der Waals surface area contributed by atoms with Crippen LogP contribution < -0.4 is 10.6 Å². The topological polar surface area (TPSA) is 44.3 Å². The molecule has 2 atom stereocenters. The van der Waals surface area contributed by atoms with Crippen molar-refractivity contribution in [2.75, 3.05) is 18.4 Å². The van der Waals surface area contributed by atoms with Gasteiger partial charge in [0, 0.05) is 5.69 Å². The van der Waals surface area contributed by atoms with Gasteiger partial charge in [-0.3, -0.25) is 0 Å². The number of piperidine rings is 1. The molecule has 3 heteroatoms. The first kappa shape index (κ1) is 11.1. The molecule has 3 N–H and O–H groups in total. The van der Waals surface area contributed by atoms with Crippen molar-refractivity contribution in [3.8, 4) is 0 Å². The third-order valence-electron chi connectivity index (χ3n) is 4.08. The van der Waals surface area contributed by atoms with Gasteiger partial charge in [0.15, 0.2) is 0 Å². The number of benzene rings is 1. The third kappa shape index (κ3) is 2.17. The summed E-state index contributed by atoms with van der Waals surface area (Å²) in [6.07, 6.45) is 2.93. The van der Waals surface area contributed by atoms with Crippen LogP contribution in [-0.2, 0) is 6.42 Å². The van der Waals surface area contributed by atoms with Crippen molar-refractivity contribution < 1.29 is 5.11 Å². The predicted molar refractivity (Wildman–Crippen MR) is 69.2 cm³/mol. The summed E-state index contributed by atoms with van der Waals surface area (Å²) in [4.78, 5) is 0. The number of anilines is 1. The Morgan fingerprint density at radius 3 is 2.71 bits per heavy atom. The molecule has 2 unspecified atom stereocenters. The molecule has 3 rings (SSSR count). The second-order valence-electron chi connectivity index (χ2n) is 5.19. The predicted octanol–water partition coefficient (Wildman–Crippen LogP) is 1.38. The van der Waals surface area contributed by atoms with Gasteiger partial charge in [0.2, 0.25) is 0 Å². The fourth-order valence-electron chi connectivity index (χ4n) is 3.05. The molecule has 0 aromatic heterocycles. The zero-order valence-electron chi connectivity index (χ0n) is 10.0. The van der Waals surface area contributed by atoms with Gasteiger partial charge < -0.3 is 15.7 Å². The van der Waals surface area contributed by atoms with E-state index < -0.39 is 0 Å². The summed E-state index contributed by atoms with van der Waals surface area (Å²) in [5.74, 6) is 0.447. The zero-order chi connectivity index (χ0) is 11.7. The molecule has 1 aromatic carbocycles. The van der Waals surface area contributed by atoms with Gasteiger partial charge in [0.1, 0.15) is 0 Å². The molecule has 92 valence electrons. The van der Waals surface area contributed by atoms with Crippen LogP contribution in [0.1, 0.15) is 18.4 Å². The highest BCUT2D eigenvalue weighted by atomic mass is 16.3. The summed E-state index contributed by atoms with van der Waals surface area (Å²) in [6.45, 7) is 2.09. The number of aliphatic hydroxyl groups is 1. The van der Waals surface area contributed by atoms with E-state index in [1.165, 1.54) is 11.3 Å². The maximum Gasteiger partial charge on any atom is 0.0773 e. The Hall–Kier alpha value is -1.06. The Labute approximate surface area is 102 Å². The van der Waals surface area contributed by atoms with Gasteiger partial charge >= 0.3 is 0 Å².